The van der Waals surface area contributed by atoms with Crippen LogP contribution in [-0.4, -0.2) is 20.9 Å². The van der Waals surface area contributed by atoms with Crippen LogP contribution in [0.25, 0.3) is 0 Å². The molecule has 0 heterocycles. The number of thiocarbonyl (C=S) groups is 1. The fraction of sp³-hybridized carbons (Fsp3) is 0.667. The summed E-state index contributed by atoms with van der Waals surface area (Å²) >= 11 is 4.95. The van der Waals surface area contributed by atoms with Crippen molar-refractivity contribution in [3.05, 3.63) is 0 Å². The van der Waals surface area contributed by atoms with Gasteiger partial charge >= 0.3 is 0 Å². The van der Waals surface area contributed by atoms with Gasteiger partial charge in [0.05, 0.1) is 0 Å². The smallest absolute Gasteiger partial charge is 0.149 e. The van der Waals surface area contributed by atoms with Crippen molar-refractivity contribution >= 4 is 29.9 Å². The molecule has 0 atom stereocenters. The highest BCUT2D eigenvalue weighted by molar-refractivity contribution is 7.93. The first-order chi connectivity index (χ1) is 3.35. The van der Waals surface area contributed by atoms with Crippen LogP contribution >= 0.6 is 24.4 Å². The normalized spacial score (nSPS) is 8.29. The molecule has 2 nitrogen and oxygen atoms in total. The predicted molar refractivity (Wildman–Crippen MR) is 35.2 cm³/mol. The molecule has 0 aliphatic rings. The van der Waals surface area contributed by atoms with E-state index in [0.717, 1.165) is 0 Å². The second-order valence-electron chi connectivity index (χ2n) is 0.868. The molecular formula is C3H6NOS2. The van der Waals surface area contributed by atoms with Crippen LogP contribution in [0.3, 0.4) is 0 Å². The molecule has 1 radical (unpaired) electrons. The topological polar surface area (TPSA) is 23.5 Å². The van der Waals surface area contributed by atoms with Gasteiger partial charge in [-0.3, -0.25) is 4.31 Å². The van der Waals surface area contributed by atoms with Gasteiger partial charge in [0.25, 0.3) is 0 Å². The Morgan fingerprint density at radius 2 is 2.57 bits per heavy atom. The van der Waals surface area contributed by atoms with E-state index >= 15 is 0 Å². The van der Waals surface area contributed by atoms with E-state index in [-0.39, 0.29) is 0 Å². The van der Waals surface area contributed by atoms with E-state index in [1.54, 1.807) is 0 Å². The SMILES string of the molecule is CCN([C]=S)SO. The number of rotatable bonds is 3. The van der Waals surface area contributed by atoms with Gasteiger partial charge in [0.2, 0.25) is 0 Å². The third kappa shape index (κ3) is 2.85. The fourth-order valence-electron chi connectivity index (χ4n) is 0.139. The first-order valence-corrected chi connectivity index (χ1v) is 2.95. The lowest BCUT2D eigenvalue weighted by Crippen LogP contribution is -2.09. The average molecular weight is 136 g/mol. The van der Waals surface area contributed by atoms with Gasteiger partial charge < -0.3 is 4.55 Å². The van der Waals surface area contributed by atoms with E-state index < -0.39 is 0 Å². The summed E-state index contributed by atoms with van der Waals surface area (Å²) < 4.78 is 9.65. The zero-order valence-corrected chi connectivity index (χ0v) is 5.55. The highest BCUT2D eigenvalue weighted by atomic mass is 32.2. The average Bonchev–Trinajstić information content (AvgIpc) is 1.72. The largest absolute Gasteiger partial charge is 0.312 e. The van der Waals surface area contributed by atoms with Crippen molar-refractivity contribution in [2.24, 2.45) is 0 Å². The molecule has 0 fully saturated rings. The number of nitrogens with zero attached hydrogens (tertiary/aromatic N) is 1. The summed E-state index contributed by atoms with van der Waals surface area (Å²) in [4.78, 5) is 0. The third-order valence-electron chi connectivity index (χ3n) is 0.488. The van der Waals surface area contributed by atoms with E-state index in [4.69, 9.17) is 4.55 Å². The van der Waals surface area contributed by atoms with Gasteiger partial charge in [0, 0.05) is 6.54 Å². The Bertz CT molecular complexity index is 54.9. The van der Waals surface area contributed by atoms with E-state index in [1.165, 1.54) is 4.31 Å². The zero-order valence-electron chi connectivity index (χ0n) is 3.92. The van der Waals surface area contributed by atoms with Crippen LogP contribution in [0.2, 0.25) is 0 Å². The molecule has 0 unspecified atom stereocenters. The molecule has 0 aromatic rings. The molecule has 7 heavy (non-hydrogen) atoms. The maximum absolute atomic E-state index is 8.24. The molecule has 41 valence electrons. The van der Waals surface area contributed by atoms with Crippen LogP contribution in [0.4, 0.5) is 0 Å². The Hall–Kier alpha value is 0.200. The maximum atomic E-state index is 8.24. The van der Waals surface area contributed by atoms with Crippen LogP contribution in [0.15, 0.2) is 0 Å². The van der Waals surface area contributed by atoms with E-state index in [0.29, 0.717) is 18.8 Å². The minimum atomic E-state index is 0.588. The Balaban J connectivity index is 3.16. The molecule has 1 N–H and O–H groups in total. The molecule has 0 aromatic heterocycles. The first-order valence-electron chi connectivity index (χ1n) is 1.82. The number of hydrogen-bond acceptors (Lipinski definition) is 3. The van der Waals surface area contributed by atoms with Crippen LogP contribution in [0, 0.1) is 0 Å². The fourth-order valence-corrected chi connectivity index (χ4v) is 0.517. The minimum Gasteiger partial charge on any atom is -0.312 e. The van der Waals surface area contributed by atoms with Crippen molar-refractivity contribution in [1.82, 2.24) is 4.31 Å². The summed E-state index contributed by atoms with van der Waals surface area (Å²) in [6, 6.07) is 0. The first kappa shape index (κ1) is 7.20. The summed E-state index contributed by atoms with van der Waals surface area (Å²) in [6.07, 6.45) is 0. The standard InChI is InChI=1S/C3H6NOS2/c1-2-4(3-6)7-5/h5H,2H2,1H3. The Morgan fingerprint density at radius 3 is 2.57 bits per heavy atom. The quantitative estimate of drug-likeness (QED) is 0.273. The molecule has 0 aliphatic carbocycles. The van der Waals surface area contributed by atoms with Gasteiger partial charge in [0.15, 0.2) is 0 Å². The lowest BCUT2D eigenvalue weighted by Gasteiger charge is -2.05. The molecular weight excluding hydrogens is 130 g/mol. The third-order valence-corrected chi connectivity index (χ3v) is 1.37. The van der Waals surface area contributed by atoms with Crippen molar-refractivity contribution in [2.45, 2.75) is 6.92 Å². The van der Waals surface area contributed by atoms with Crippen LogP contribution in [0.1, 0.15) is 6.92 Å². The van der Waals surface area contributed by atoms with E-state index in [1.807, 2.05) is 6.92 Å². The van der Waals surface area contributed by atoms with Crippen LogP contribution in [-0.2, 0) is 0 Å². The van der Waals surface area contributed by atoms with Gasteiger partial charge in [0.1, 0.15) is 17.7 Å². The maximum Gasteiger partial charge on any atom is 0.149 e. The Kier molecular flexibility index (Phi) is 4.49. The van der Waals surface area contributed by atoms with Gasteiger partial charge in [-0.2, -0.15) is 0 Å². The molecule has 0 rings (SSSR count). The van der Waals surface area contributed by atoms with Gasteiger partial charge in [-0.05, 0) is 6.92 Å². The Labute approximate surface area is 52.8 Å². The van der Waals surface area contributed by atoms with Gasteiger partial charge in [-0.15, -0.1) is 0 Å². The van der Waals surface area contributed by atoms with E-state index in [9.17, 15) is 0 Å². The summed E-state index contributed by atoms with van der Waals surface area (Å²) in [5.41, 5.74) is 2.33. The molecule has 0 spiro atoms. The second-order valence-corrected chi connectivity index (χ2v) is 1.65. The molecule has 0 aromatic carbocycles. The van der Waals surface area contributed by atoms with Crippen molar-refractivity contribution < 1.29 is 4.55 Å². The van der Waals surface area contributed by atoms with Crippen LogP contribution < -0.4 is 0 Å². The number of hydrogen-bond donors (Lipinski definition) is 1. The molecule has 0 aliphatic heterocycles. The monoisotopic (exact) mass is 136 g/mol. The molecule has 0 bridgehead atoms. The highest BCUT2D eigenvalue weighted by Crippen LogP contribution is 1.97. The lowest BCUT2D eigenvalue weighted by atomic mass is 10.8. The van der Waals surface area contributed by atoms with Crippen molar-refractivity contribution in [2.75, 3.05) is 6.54 Å². The molecule has 0 amide bonds. The van der Waals surface area contributed by atoms with Gasteiger partial charge in [-0.1, -0.05) is 12.2 Å². The van der Waals surface area contributed by atoms with Crippen molar-refractivity contribution in [3.63, 3.8) is 0 Å². The predicted octanol–water partition coefficient (Wildman–Crippen LogP) is 1.26. The minimum absolute atomic E-state index is 0.588. The molecule has 4 heteroatoms. The van der Waals surface area contributed by atoms with Crippen molar-refractivity contribution in [1.29, 1.82) is 0 Å². The molecule has 0 saturated carbocycles. The Morgan fingerprint density at radius 1 is 2.00 bits per heavy atom. The summed E-state index contributed by atoms with van der Waals surface area (Å²) in [5.74, 6) is 0. The van der Waals surface area contributed by atoms with Gasteiger partial charge in [-0.25, -0.2) is 0 Å². The lowest BCUT2D eigenvalue weighted by molar-refractivity contribution is 0.600. The van der Waals surface area contributed by atoms with E-state index in [2.05, 4.69) is 17.7 Å². The van der Waals surface area contributed by atoms with Crippen molar-refractivity contribution in [3.8, 4) is 0 Å². The highest BCUT2D eigenvalue weighted by Gasteiger charge is 1.89. The summed E-state index contributed by atoms with van der Waals surface area (Å²) in [6.45, 7) is 2.56. The second kappa shape index (κ2) is 4.36. The summed E-state index contributed by atoms with van der Waals surface area (Å²) in [7, 11) is 0. The molecule has 0 saturated heterocycles. The summed E-state index contributed by atoms with van der Waals surface area (Å²) in [5, 5.41) is 0. The van der Waals surface area contributed by atoms with Crippen LogP contribution in [0.5, 0.6) is 0 Å². The zero-order chi connectivity index (χ0) is 5.70.